The molecule has 9 heteroatoms. The largest absolute Gasteiger partial charge is 0.490 e. The molecule has 0 radical (unpaired) electrons. The number of nitro groups is 1. The molecule has 2 aromatic rings. The number of benzene rings is 1. The maximum Gasteiger partial charge on any atom is 0.420 e. The molecular formula is C14H12F3N3O3. The summed E-state index contributed by atoms with van der Waals surface area (Å²) in [5.74, 6) is -0.385. The van der Waals surface area contributed by atoms with Crippen LogP contribution in [0.25, 0.3) is 11.1 Å². The van der Waals surface area contributed by atoms with Crippen LogP contribution in [0.3, 0.4) is 0 Å². The molecule has 23 heavy (non-hydrogen) atoms. The zero-order chi connectivity index (χ0) is 16.6. The molecule has 6 nitrogen and oxygen atoms in total. The Morgan fingerprint density at radius 2 is 2.09 bits per heavy atom. The number of H-pyrrole nitrogens is 1. The van der Waals surface area contributed by atoms with Crippen molar-refractivity contribution in [2.45, 2.75) is 31.5 Å². The number of aromatic nitrogens is 2. The van der Waals surface area contributed by atoms with Crippen LogP contribution in [0.1, 0.15) is 24.8 Å². The third-order valence-corrected chi connectivity index (χ3v) is 3.76. The Hall–Kier alpha value is -2.58. The standard InChI is InChI=1S/C14H12F3N3O3/c15-14(16,17)13-11(23-9-2-1-3-9)5-4-10(20(21)22)12(13)8-6-18-19-7-8/h4-7,9H,1-3H2,(H,18,19). The van der Waals surface area contributed by atoms with Gasteiger partial charge in [0.1, 0.15) is 11.3 Å². The molecule has 1 aromatic heterocycles. The number of rotatable bonds is 4. The second-order valence-corrected chi connectivity index (χ2v) is 5.25. The van der Waals surface area contributed by atoms with E-state index >= 15 is 0 Å². The number of nitrogens with one attached hydrogen (secondary N) is 1. The Bertz CT molecular complexity index is 725. The molecule has 0 atom stereocenters. The fourth-order valence-corrected chi connectivity index (χ4v) is 2.45. The van der Waals surface area contributed by atoms with Crippen LogP contribution in [-0.4, -0.2) is 21.2 Å². The van der Waals surface area contributed by atoms with Gasteiger partial charge < -0.3 is 4.74 Å². The van der Waals surface area contributed by atoms with Crippen molar-refractivity contribution >= 4 is 5.69 Å². The summed E-state index contributed by atoms with van der Waals surface area (Å²) in [4.78, 5) is 10.3. The normalized spacial score (nSPS) is 15.3. The maximum absolute atomic E-state index is 13.6. The van der Waals surface area contributed by atoms with Gasteiger partial charge >= 0.3 is 6.18 Å². The number of nitrogens with zero attached hydrogens (tertiary/aromatic N) is 2. The van der Waals surface area contributed by atoms with Gasteiger partial charge in [-0.3, -0.25) is 15.2 Å². The summed E-state index contributed by atoms with van der Waals surface area (Å²) >= 11 is 0. The third-order valence-electron chi connectivity index (χ3n) is 3.76. The smallest absolute Gasteiger partial charge is 0.420 e. The highest BCUT2D eigenvalue weighted by molar-refractivity contribution is 5.79. The monoisotopic (exact) mass is 327 g/mol. The van der Waals surface area contributed by atoms with E-state index in [-0.39, 0.29) is 17.4 Å². The van der Waals surface area contributed by atoms with Crippen LogP contribution in [0.2, 0.25) is 0 Å². The zero-order valence-corrected chi connectivity index (χ0v) is 11.8. The van der Waals surface area contributed by atoms with E-state index in [0.29, 0.717) is 12.8 Å². The zero-order valence-electron chi connectivity index (χ0n) is 11.8. The number of alkyl halides is 3. The maximum atomic E-state index is 13.6. The van der Waals surface area contributed by atoms with Crippen LogP contribution < -0.4 is 4.74 Å². The Labute approximate surface area is 128 Å². The van der Waals surface area contributed by atoms with Gasteiger partial charge in [-0.25, -0.2) is 0 Å². The summed E-state index contributed by atoms with van der Waals surface area (Å²) in [6.45, 7) is 0. The van der Waals surface area contributed by atoms with Crippen LogP contribution in [0, 0.1) is 10.1 Å². The summed E-state index contributed by atoms with van der Waals surface area (Å²) in [6, 6.07) is 2.05. The molecule has 0 amide bonds. The SMILES string of the molecule is O=[N+]([O-])c1ccc(OC2CCC2)c(C(F)(F)F)c1-c1cn[nH]c1. The lowest BCUT2D eigenvalue weighted by atomic mass is 9.95. The molecule has 1 saturated carbocycles. The molecule has 3 rings (SSSR count). The quantitative estimate of drug-likeness (QED) is 0.681. The molecule has 122 valence electrons. The van der Waals surface area contributed by atoms with Gasteiger partial charge in [0.2, 0.25) is 0 Å². The highest BCUT2D eigenvalue weighted by Gasteiger charge is 2.42. The van der Waals surface area contributed by atoms with Gasteiger partial charge in [0, 0.05) is 17.8 Å². The fraction of sp³-hybridized carbons (Fsp3) is 0.357. The minimum absolute atomic E-state index is 0.0110. The summed E-state index contributed by atoms with van der Waals surface area (Å²) in [7, 11) is 0. The van der Waals surface area contributed by atoms with Crippen LogP contribution >= 0.6 is 0 Å². The summed E-state index contributed by atoms with van der Waals surface area (Å²) < 4.78 is 46.2. The lowest BCUT2D eigenvalue weighted by Crippen LogP contribution is -2.26. The molecular weight excluding hydrogens is 315 g/mol. The van der Waals surface area contributed by atoms with Gasteiger partial charge in [-0.2, -0.15) is 18.3 Å². The van der Waals surface area contributed by atoms with E-state index in [9.17, 15) is 23.3 Å². The van der Waals surface area contributed by atoms with E-state index in [2.05, 4.69) is 10.2 Å². The number of nitro benzene ring substituents is 1. The van der Waals surface area contributed by atoms with E-state index < -0.39 is 27.9 Å². The highest BCUT2D eigenvalue weighted by atomic mass is 19.4. The van der Waals surface area contributed by atoms with Crippen molar-refractivity contribution in [1.29, 1.82) is 0 Å². The molecule has 1 N–H and O–H groups in total. The molecule has 0 saturated heterocycles. The molecule has 0 aliphatic heterocycles. The van der Waals surface area contributed by atoms with Crippen molar-refractivity contribution in [3.05, 3.63) is 40.2 Å². The van der Waals surface area contributed by atoms with Gasteiger partial charge in [0.25, 0.3) is 5.69 Å². The summed E-state index contributed by atoms with van der Waals surface area (Å²) in [5.41, 5.74) is -2.32. The second-order valence-electron chi connectivity index (χ2n) is 5.25. The first kappa shape index (κ1) is 15.3. The molecule has 1 heterocycles. The van der Waals surface area contributed by atoms with E-state index in [4.69, 9.17) is 4.74 Å². The van der Waals surface area contributed by atoms with Crippen LogP contribution in [-0.2, 0) is 6.18 Å². The molecule has 0 spiro atoms. The number of hydrogen-bond donors (Lipinski definition) is 1. The second kappa shape index (κ2) is 5.56. The van der Waals surface area contributed by atoms with E-state index in [0.717, 1.165) is 24.8 Å². The third kappa shape index (κ3) is 2.86. The minimum atomic E-state index is -4.79. The van der Waals surface area contributed by atoms with Crippen LogP contribution in [0.4, 0.5) is 18.9 Å². The molecule has 1 aromatic carbocycles. The molecule has 1 aliphatic carbocycles. The first-order valence-electron chi connectivity index (χ1n) is 6.92. The van der Waals surface area contributed by atoms with E-state index in [1.807, 2.05) is 0 Å². The lowest BCUT2D eigenvalue weighted by Gasteiger charge is -2.28. The van der Waals surface area contributed by atoms with Crippen LogP contribution in [0.15, 0.2) is 24.5 Å². The molecule has 1 fully saturated rings. The first-order valence-corrected chi connectivity index (χ1v) is 6.92. The molecule has 1 aliphatic rings. The van der Waals surface area contributed by atoms with Crippen molar-refractivity contribution < 1.29 is 22.8 Å². The minimum Gasteiger partial charge on any atom is -0.490 e. The van der Waals surface area contributed by atoms with Gasteiger partial charge in [0.15, 0.2) is 0 Å². The van der Waals surface area contributed by atoms with Crippen molar-refractivity contribution in [3.63, 3.8) is 0 Å². The summed E-state index contributed by atoms with van der Waals surface area (Å²) in [5, 5.41) is 17.1. The highest BCUT2D eigenvalue weighted by Crippen LogP contribution is 2.47. The van der Waals surface area contributed by atoms with E-state index in [1.54, 1.807) is 0 Å². The Balaban J connectivity index is 2.22. The van der Waals surface area contributed by atoms with Gasteiger partial charge in [-0.05, 0) is 25.3 Å². The average Bonchev–Trinajstić information content (AvgIpc) is 2.94. The van der Waals surface area contributed by atoms with Crippen molar-refractivity contribution in [2.24, 2.45) is 0 Å². The van der Waals surface area contributed by atoms with Crippen molar-refractivity contribution in [1.82, 2.24) is 10.2 Å². The first-order chi connectivity index (χ1) is 10.9. The van der Waals surface area contributed by atoms with E-state index in [1.165, 1.54) is 6.20 Å². The Morgan fingerprint density at radius 1 is 1.35 bits per heavy atom. The van der Waals surface area contributed by atoms with Gasteiger partial charge in [0.05, 0.1) is 22.8 Å². The average molecular weight is 327 g/mol. The van der Waals surface area contributed by atoms with Crippen molar-refractivity contribution in [2.75, 3.05) is 0 Å². The molecule has 0 bridgehead atoms. The fourth-order valence-electron chi connectivity index (χ4n) is 2.45. The predicted octanol–water partition coefficient (Wildman–Crippen LogP) is 3.94. The van der Waals surface area contributed by atoms with Gasteiger partial charge in [-0.1, -0.05) is 0 Å². The van der Waals surface area contributed by atoms with Crippen LogP contribution in [0.5, 0.6) is 5.75 Å². The summed E-state index contributed by atoms with van der Waals surface area (Å²) in [6.07, 6.45) is -0.527. The number of ether oxygens (including phenoxy) is 1. The Kier molecular flexibility index (Phi) is 3.70. The van der Waals surface area contributed by atoms with Crippen molar-refractivity contribution in [3.8, 4) is 16.9 Å². The van der Waals surface area contributed by atoms with Gasteiger partial charge in [-0.15, -0.1) is 0 Å². The Morgan fingerprint density at radius 3 is 2.57 bits per heavy atom. The number of halogens is 3. The number of aromatic amines is 1. The predicted molar refractivity (Wildman–Crippen MR) is 73.9 cm³/mol. The topological polar surface area (TPSA) is 81.1 Å². The molecule has 0 unspecified atom stereocenters. The number of hydrogen-bond acceptors (Lipinski definition) is 4. The lowest BCUT2D eigenvalue weighted by molar-refractivity contribution is -0.384.